The number of fused-ring (bicyclic) bond motifs is 1. The fraction of sp³-hybridized carbons (Fsp3) is 0.429. The standard InChI is InChI=1S/C28H34N8O8/c1-2-10-42-12-14-44-15-13-43-11-9-30-22(37)8-7-21(27(40)41)34-25(38)18-3-5-19(6-4-18)31-16-20-17-32-24-23(33-20)26(39)36-28(29)35-24/h1,3-6,17,20-21,31H,7-16H2,(H,30,37)(H,34,38)(H,40,41)(H2,29,36,39)/t20?,21-/m0/s1. The molecule has 2 atom stereocenters. The molecule has 44 heavy (non-hydrogen) atoms. The zero-order chi connectivity index (χ0) is 31.7. The molecule has 16 heteroatoms. The smallest absolute Gasteiger partial charge is 0.326 e. The molecule has 16 nitrogen and oxygen atoms in total. The second-order valence-corrected chi connectivity index (χ2v) is 9.23. The molecular weight excluding hydrogens is 576 g/mol. The summed E-state index contributed by atoms with van der Waals surface area (Å²) in [5, 5.41) is 17.7. The third-order valence-electron chi connectivity index (χ3n) is 5.94. The lowest BCUT2D eigenvalue weighted by Crippen LogP contribution is -2.41. The first-order valence-electron chi connectivity index (χ1n) is 13.7. The molecule has 6 N–H and O–H groups in total. The van der Waals surface area contributed by atoms with Gasteiger partial charge in [-0.15, -0.1) is 6.42 Å². The minimum absolute atomic E-state index is 0.0388. The molecule has 2 aliphatic heterocycles. The van der Waals surface area contributed by atoms with Crippen LogP contribution in [-0.2, 0) is 28.6 Å². The van der Waals surface area contributed by atoms with Gasteiger partial charge in [0, 0.05) is 37.0 Å². The maximum Gasteiger partial charge on any atom is 0.326 e. The fourth-order valence-electron chi connectivity index (χ4n) is 3.75. The second-order valence-electron chi connectivity index (χ2n) is 9.23. The number of amides is 3. The van der Waals surface area contributed by atoms with Gasteiger partial charge in [0.15, 0.2) is 11.5 Å². The first-order chi connectivity index (χ1) is 21.3. The number of amidine groups is 1. The average molecular weight is 611 g/mol. The number of ether oxygens (including phenoxy) is 3. The highest BCUT2D eigenvalue weighted by molar-refractivity contribution is 6.69. The first kappa shape index (κ1) is 33.5. The Balaban J connectivity index is 1.33. The quantitative estimate of drug-likeness (QED) is 0.0949. The number of guanidine groups is 1. The Kier molecular flexibility index (Phi) is 13.6. The van der Waals surface area contributed by atoms with Gasteiger partial charge < -0.3 is 41.0 Å². The summed E-state index contributed by atoms with van der Waals surface area (Å²) >= 11 is 0. The van der Waals surface area contributed by atoms with Crippen LogP contribution in [0.3, 0.4) is 0 Å². The third-order valence-corrected chi connectivity index (χ3v) is 5.94. The summed E-state index contributed by atoms with van der Waals surface area (Å²) < 4.78 is 15.7. The van der Waals surface area contributed by atoms with Gasteiger partial charge in [-0.1, -0.05) is 5.92 Å². The Labute approximate surface area is 253 Å². The molecule has 0 saturated carbocycles. The molecule has 0 fully saturated rings. The summed E-state index contributed by atoms with van der Waals surface area (Å²) in [4.78, 5) is 64.3. The Bertz CT molecular complexity index is 1350. The van der Waals surface area contributed by atoms with Gasteiger partial charge in [-0.2, -0.15) is 9.98 Å². The monoisotopic (exact) mass is 610 g/mol. The van der Waals surface area contributed by atoms with E-state index in [-0.39, 0.29) is 61.6 Å². The molecule has 234 valence electrons. The number of carbonyl (C=O) groups is 4. The molecule has 1 aromatic rings. The van der Waals surface area contributed by atoms with Gasteiger partial charge in [0.25, 0.3) is 5.91 Å². The van der Waals surface area contributed by atoms with Crippen molar-refractivity contribution in [3.8, 4) is 12.3 Å². The number of carboxylic acid groups (broad SMARTS) is 1. The number of anilines is 1. The number of terminal acetylenes is 1. The molecule has 0 aromatic heterocycles. The van der Waals surface area contributed by atoms with Crippen LogP contribution in [0.1, 0.15) is 23.2 Å². The molecular formula is C28H34N8O8. The number of rotatable bonds is 19. The van der Waals surface area contributed by atoms with Crippen molar-refractivity contribution in [3.05, 3.63) is 29.8 Å². The predicted molar refractivity (Wildman–Crippen MR) is 161 cm³/mol. The maximum atomic E-state index is 12.7. The van der Waals surface area contributed by atoms with Crippen LogP contribution in [0.4, 0.5) is 5.69 Å². The van der Waals surface area contributed by atoms with Crippen LogP contribution in [0.5, 0.6) is 0 Å². The molecule has 0 aliphatic carbocycles. The van der Waals surface area contributed by atoms with Gasteiger partial charge in [-0.25, -0.2) is 9.79 Å². The van der Waals surface area contributed by atoms with Gasteiger partial charge in [-0.05, 0) is 30.7 Å². The molecule has 1 unspecified atom stereocenters. The van der Waals surface area contributed by atoms with Gasteiger partial charge in [0.1, 0.15) is 18.7 Å². The van der Waals surface area contributed by atoms with Crippen molar-refractivity contribution >= 4 is 53.1 Å². The van der Waals surface area contributed by atoms with E-state index in [2.05, 4.69) is 41.8 Å². The van der Waals surface area contributed by atoms with Crippen LogP contribution < -0.4 is 21.7 Å². The van der Waals surface area contributed by atoms with Gasteiger partial charge in [0.2, 0.25) is 11.9 Å². The lowest BCUT2D eigenvalue weighted by atomic mass is 10.1. The molecule has 0 spiro atoms. The van der Waals surface area contributed by atoms with E-state index >= 15 is 0 Å². The van der Waals surface area contributed by atoms with Crippen LogP contribution in [-0.4, -0.2) is 117 Å². The number of hydrogen-bond donors (Lipinski definition) is 5. The number of benzene rings is 1. The number of aliphatic imine (C=N–C) groups is 4. The highest BCUT2D eigenvalue weighted by Crippen LogP contribution is 2.12. The minimum atomic E-state index is -1.26. The Morgan fingerprint density at radius 2 is 1.75 bits per heavy atom. The van der Waals surface area contributed by atoms with E-state index in [0.717, 1.165) is 0 Å². The van der Waals surface area contributed by atoms with E-state index in [0.29, 0.717) is 38.7 Å². The number of carbonyl (C=O) groups excluding carboxylic acids is 3. The number of nitrogens with two attached hydrogens (primary N) is 1. The molecule has 3 amide bonds. The largest absolute Gasteiger partial charge is 0.480 e. The molecule has 0 saturated heterocycles. The number of aliphatic carboxylic acids is 1. The number of hydrogen-bond acceptors (Lipinski definition) is 12. The summed E-state index contributed by atoms with van der Waals surface area (Å²) in [6.07, 6.45) is 6.40. The molecule has 0 bridgehead atoms. The third kappa shape index (κ3) is 11.4. The van der Waals surface area contributed by atoms with E-state index in [1.807, 2.05) is 0 Å². The van der Waals surface area contributed by atoms with Gasteiger partial charge >= 0.3 is 11.9 Å². The van der Waals surface area contributed by atoms with Crippen molar-refractivity contribution in [3.63, 3.8) is 0 Å². The highest BCUT2D eigenvalue weighted by atomic mass is 16.5. The molecule has 0 radical (unpaired) electrons. The van der Waals surface area contributed by atoms with E-state index in [1.54, 1.807) is 12.1 Å². The molecule has 1 aromatic carbocycles. The topological polar surface area (TPSA) is 228 Å². The van der Waals surface area contributed by atoms with E-state index < -0.39 is 29.9 Å². The van der Waals surface area contributed by atoms with Crippen molar-refractivity contribution in [2.75, 3.05) is 58.0 Å². The Hall–Kier alpha value is -4.98. The Morgan fingerprint density at radius 1 is 1.05 bits per heavy atom. The lowest BCUT2D eigenvalue weighted by molar-refractivity contribution is -0.139. The van der Waals surface area contributed by atoms with Crippen LogP contribution >= 0.6 is 0 Å². The first-order valence-corrected chi connectivity index (χ1v) is 13.7. The van der Waals surface area contributed by atoms with E-state index in [4.69, 9.17) is 26.4 Å². The van der Waals surface area contributed by atoms with Crippen molar-refractivity contribution in [2.24, 2.45) is 25.7 Å². The average Bonchev–Trinajstić information content (AvgIpc) is 3.01. The minimum Gasteiger partial charge on any atom is -0.480 e. The zero-order valence-corrected chi connectivity index (χ0v) is 23.9. The maximum absolute atomic E-state index is 12.7. The summed E-state index contributed by atoms with van der Waals surface area (Å²) in [6.45, 7) is 2.53. The SMILES string of the molecule is C#CCOCCOCCOCCNC(=O)CC[C@H](NC(=O)c1ccc(NCC2C=NC3=NC(N)=NC(=O)C3=N2)cc1)C(=O)O. The van der Waals surface area contributed by atoms with Crippen LogP contribution in [0.25, 0.3) is 0 Å². The van der Waals surface area contributed by atoms with Crippen molar-refractivity contribution in [1.29, 1.82) is 0 Å². The van der Waals surface area contributed by atoms with Crippen molar-refractivity contribution in [1.82, 2.24) is 10.6 Å². The molecule has 2 aliphatic rings. The normalized spacial score (nSPS) is 16.0. The fourth-order valence-corrected chi connectivity index (χ4v) is 3.75. The van der Waals surface area contributed by atoms with Crippen LogP contribution in [0.2, 0.25) is 0 Å². The summed E-state index contributed by atoms with van der Waals surface area (Å²) in [6, 6.07) is 4.60. The van der Waals surface area contributed by atoms with E-state index in [9.17, 15) is 24.3 Å². The highest BCUT2D eigenvalue weighted by Gasteiger charge is 2.27. The molecule has 3 rings (SSSR count). The van der Waals surface area contributed by atoms with E-state index in [1.165, 1.54) is 18.3 Å². The summed E-state index contributed by atoms with van der Waals surface area (Å²) in [5.74, 6) is -0.525. The second kappa shape index (κ2) is 17.9. The Morgan fingerprint density at radius 3 is 2.45 bits per heavy atom. The number of carboxylic acids is 1. The number of nitrogens with zero attached hydrogens (tertiary/aromatic N) is 4. The lowest BCUT2D eigenvalue weighted by Gasteiger charge is -2.17. The predicted octanol–water partition coefficient (Wildman–Crippen LogP) is -0.992. The summed E-state index contributed by atoms with van der Waals surface area (Å²) in [7, 11) is 0. The van der Waals surface area contributed by atoms with Gasteiger partial charge in [0.05, 0.1) is 33.0 Å². The zero-order valence-electron chi connectivity index (χ0n) is 23.9. The number of nitrogens with one attached hydrogen (secondary N) is 3. The van der Waals surface area contributed by atoms with Crippen LogP contribution in [0, 0.1) is 12.3 Å². The van der Waals surface area contributed by atoms with Crippen molar-refractivity contribution < 1.29 is 38.5 Å². The molecule has 2 heterocycles. The summed E-state index contributed by atoms with van der Waals surface area (Å²) in [5.41, 5.74) is 6.39. The van der Waals surface area contributed by atoms with Gasteiger partial charge in [-0.3, -0.25) is 19.4 Å². The van der Waals surface area contributed by atoms with Crippen molar-refractivity contribution in [2.45, 2.75) is 24.9 Å². The van der Waals surface area contributed by atoms with Crippen LogP contribution in [0.15, 0.2) is 44.2 Å².